The van der Waals surface area contributed by atoms with E-state index in [9.17, 15) is 4.79 Å². The van der Waals surface area contributed by atoms with E-state index in [1.165, 1.54) is 17.2 Å². The summed E-state index contributed by atoms with van der Waals surface area (Å²) in [5.41, 5.74) is 6.63. The van der Waals surface area contributed by atoms with Gasteiger partial charge in [-0.3, -0.25) is 0 Å². The first-order chi connectivity index (χ1) is 8.24. The Morgan fingerprint density at radius 2 is 2.12 bits per heavy atom. The maximum Gasteiger partial charge on any atom is 0.343 e. The van der Waals surface area contributed by atoms with Crippen LogP contribution in [-0.4, -0.2) is 32.3 Å². The normalized spacial score (nSPS) is 10.2. The van der Waals surface area contributed by atoms with E-state index in [-0.39, 0.29) is 18.0 Å². The summed E-state index contributed by atoms with van der Waals surface area (Å²) in [6.45, 7) is 2.02. The molecule has 2 aromatic rings. The third-order valence-electron chi connectivity index (χ3n) is 2.09. The van der Waals surface area contributed by atoms with Crippen LogP contribution >= 0.6 is 0 Å². The number of aromatic nitrogens is 4. The lowest BCUT2D eigenvalue weighted by atomic mass is 10.3. The summed E-state index contributed by atoms with van der Waals surface area (Å²) in [7, 11) is 0. The van der Waals surface area contributed by atoms with Crippen LogP contribution in [0.1, 0.15) is 17.3 Å². The summed E-state index contributed by atoms with van der Waals surface area (Å²) >= 11 is 0. The number of hydrogen-bond acceptors (Lipinski definition) is 6. The molecule has 2 aromatic heterocycles. The van der Waals surface area contributed by atoms with Crippen molar-refractivity contribution in [3.05, 3.63) is 30.5 Å². The van der Waals surface area contributed by atoms with Crippen molar-refractivity contribution in [2.45, 2.75) is 6.92 Å². The van der Waals surface area contributed by atoms with Crippen LogP contribution in [0.4, 0.5) is 5.82 Å². The summed E-state index contributed by atoms with van der Waals surface area (Å²) in [5, 5.41) is 4.00. The fraction of sp³-hybridized carbons (Fsp3) is 0.200. The highest BCUT2D eigenvalue weighted by molar-refractivity contribution is 5.94. The quantitative estimate of drug-likeness (QED) is 0.772. The number of carbonyl (C=O) groups is 1. The molecule has 0 aliphatic heterocycles. The molecule has 0 aromatic carbocycles. The number of nitrogens with two attached hydrogens (primary N) is 1. The molecule has 7 nitrogen and oxygen atoms in total. The van der Waals surface area contributed by atoms with Gasteiger partial charge in [-0.15, -0.1) is 0 Å². The van der Waals surface area contributed by atoms with Crippen molar-refractivity contribution >= 4 is 11.8 Å². The number of nitrogens with zero attached hydrogens (tertiary/aromatic N) is 4. The summed E-state index contributed by atoms with van der Waals surface area (Å²) in [6, 6.07) is 0. The Labute approximate surface area is 97.2 Å². The SMILES string of the molecule is CCOC(=O)c1cnn(-c2cncnc2)c1N. The number of anilines is 1. The Morgan fingerprint density at radius 3 is 2.76 bits per heavy atom. The standard InChI is InChI=1S/C10H11N5O2/c1-2-17-10(16)8-5-14-15(9(8)11)7-3-12-6-13-4-7/h3-6H,2,11H2,1H3. The Kier molecular flexibility index (Phi) is 2.99. The number of carbonyl (C=O) groups excluding carboxylic acids is 1. The second kappa shape index (κ2) is 4.60. The number of nitrogen functional groups attached to an aromatic ring is 1. The molecule has 0 saturated carbocycles. The average molecular weight is 233 g/mol. The molecule has 0 spiro atoms. The highest BCUT2D eigenvalue weighted by Crippen LogP contribution is 2.16. The van der Waals surface area contributed by atoms with E-state index in [0.717, 1.165) is 0 Å². The van der Waals surface area contributed by atoms with Gasteiger partial charge in [0.15, 0.2) is 0 Å². The first kappa shape index (κ1) is 11.1. The second-order valence-electron chi connectivity index (χ2n) is 3.17. The summed E-state index contributed by atoms with van der Waals surface area (Å²) in [5.74, 6) is -0.286. The molecule has 0 aliphatic carbocycles. The van der Waals surface area contributed by atoms with Crippen LogP contribution in [0.5, 0.6) is 0 Å². The van der Waals surface area contributed by atoms with E-state index < -0.39 is 5.97 Å². The van der Waals surface area contributed by atoms with Crippen molar-refractivity contribution in [1.82, 2.24) is 19.7 Å². The lowest BCUT2D eigenvalue weighted by Crippen LogP contribution is -2.09. The van der Waals surface area contributed by atoms with Crippen LogP contribution < -0.4 is 5.73 Å². The Balaban J connectivity index is 2.37. The van der Waals surface area contributed by atoms with Crippen LogP contribution in [-0.2, 0) is 4.74 Å². The molecular formula is C10H11N5O2. The predicted molar refractivity (Wildman–Crippen MR) is 59.5 cm³/mol. The van der Waals surface area contributed by atoms with Crippen molar-refractivity contribution in [2.24, 2.45) is 0 Å². The third-order valence-corrected chi connectivity index (χ3v) is 2.09. The molecule has 88 valence electrons. The first-order valence-electron chi connectivity index (χ1n) is 5.00. The van der Waals surface area contributed by atoms with E-state index in [2.05, 4.69) is 15.1 Å². The fourth-order valence-electron chi connectivity index (χ4n) is 1.33. The molecule has 0 unspecified atom stereocenters. The zero-order valence-electron chi connectivity index (χ0n) is 9.20. The maximum atomic E-state index is 11.5. The van der Waals surface area contributed by atoms with E-state index in [4.69, 9.17) is 10.5 Å². The van der Waals surface area contributed by atoms with E-state index in [1.807, 2.05) is 0 Å². The monoisotopic (exact) mass is 233 g/mol. The van der Waals surface area contributed by atoms with Gasteiger partial charge in [-0.25, -0.2) is 19.4 Å². The highest BCUT2D eigenvalue weighted by Gasteiger charge is 2.16. The minimum atomic E-state index is -0.493. The molecule has 0 amide bonds. The van der Waals surface area contributed by atoms with E-state index in [0.29, 0.717) is 5.69 Å². The molecule has 0 aliphatic rings. The summed E-state index contributed by atoms with van der Waals surface area (Å²) < 4.78 is 6.24. The van der Waals surface area contributed by atoms with Gasteiger partial charge >= 0.3 is 5.97 Å². The summed E-state index contributed by atoms with van der Waals surface area (Å²) in [4.78, 5) is 19.2. The van der Waals surface area contributed by atoms with Crippen LogP contribution in [0.15, 0.2) is 24.9 Å². The molecule has 0 atom stereocenters. The number of hydrogen-bond donors (Lipinski definition) is 1. The van der Waals surface area contributed by atoms with Gasteiger partial charge in [0.05, 0.1) is 25.2 Å². The molecular weight excluding hydrogens is 222 g/mol. The topological polar surface area (TPSA) is 95.9 Å². The molecule has 0 fully saturated rings. The van der Waals surface area contributed by atoms with Crippen molar-refractivity contribution in [3.63, 3.8) is 0 Å². The zero-order chi connectivity index (χ0) is 12.3. The molecule has 0 radical (unpaired) electrons. The number of rotatable bonds is 3. The van der Waals surface area contributed by atoms with Crippen molar-refractivity contribution in [2.75, 3.05) is 12.3 Å². The minimum Gasteiger partial charge on any atom is -0.462 e. The largest absolute Gasteiger partial charge is 0.462 e. The smallest absolute Gasteiger partial charge is 0.343 e. The van der Waals surface area contributed by atoms with E-state index in [1.54, 1.807) is 19.3 Å². The van der Waals surface area contributed by atoms with Gasteiger partial charge < -0.3 is 10.5 Å². The van der Waals surface area contributed by atoms with Crippen molar-refractivity contribution < 1.29 is 9.53 Å². The number of esters is 1. The lowest BCUT2D eigenvalue weighted by Gasteiger charge is -2.03. The molecule has 7 heteroatoms. The minimum absolute atomic E-state index is 0.207. The average Bonchev–Trinajstić information content (AvgIpc) is 2.72. The van der Waals surface area contributed by atoms with Gasteiger partial charge in [0.2, 0.25) is 0 Å². The summed E-state index contributed by atoms with van der Waals surface area (Å²) in [6.07, 6.45) is 5.85. The van der Waals surface area contributed by atoms with E-state index >= 15 is 0 Å². The van der Waals surface area contributed by atoms with Gasteiger partial charge in [0, 0.05) is 0 Å². The van der Waals surface area contributed by atoms with Crippen molar-refractivity contribution in [3.8, 4) is 5.69 Å². The van der Waals surface area contributed by atoms with Crippen LogP contribution in [0.2, 0.25) is 0 Å². The molecule has 2 rings (SSSR count). The maximum absolute atomic E-state index is 11.5. The van der Waals surface area contributed by atoms with Gasteiger partial charge in [-0.05, 0) is 6.92 Å². The Hall–Kier alpha value is -2.44. The van der Waals surface area contributed by atoms with Gasteiger partial charge in [-0.2, -0.15) is 5.10 Å². The Morgan fingerprint density at radius 1 is 1.41 bits per heavy atom. The van der Waals surface area contributed by atoms with Crippen LogP contribution in [0.3, 0.4) is 0 Å². The fourth-order valence-corrected chi connectivity index (χ4v) is 1.33. The predicted octanol–water partition coefficient (Wildman–Crippen LogP) is 0.421. The van der Waals surface area contributed by atoms with Crippen LogP contribution in [0, 0.1) is 0 Å². The third kappa shape index (κ3) is 2.07. The molecule has 0 saturated heterocycles. The van der Waals surface area contributed by atoms with Crippen LogP contribution in [0.25, 0.3) is 5.69 Å². The molecule has 0 bridgehead atoms. The second-order valence-corrected chi connectivity index (χ2v) is 3.17. The molecule has 2 N–H and O–H groups in total. The lowest BCUT2D eigenvalue weighted by molar-refractivity contribution is 0.0527. The van der Waals surface area contributed by atoms with Crippen molar-refractivity contribution in [1.29, 1.82) is 0 Å². The van der Waals surface area contributed by atoms with Gasteiger partial charge in [0.25, 0.3) is 0 Å². The first-order valence-corrected chi connectivity index (χ1v) is 5.00. The molecule has 2 heterocycles. The zero-order valence-corrected chi connectivity index (χ0v) is 9.20. The number of ether oxygens (including phenoxy) is 1. The Bertz CT molecular complexity index is 523. The molecule has 17 heavy (non-hydrogen) atoms. The van der Waals surface area contributed by atoms with Gasteiger partial charge in [-0.1, -0.05) is 0 Å². The highest BCUT2D eigenvalue weighted by atomic mass is 16.5. The van der Waals surface area contributed by atoms with Gasteiger partial charge in [0.1, 0.15) is 23.4 Å².